The molecule has 6 aromatic carbocycles. The van der Waals surface area contributed by atoms with Crippen molar-refractivity contribution in [3.8, 4) is 33.8 Å². The fraction of sp³-hybridized carbons (Fsp3) is 0.195. The lowest BCUT2D eigenvalue weighted by Gasteiger charge is -2.11. The second-order valence-electron chi connectivity index (χ2n) is 11.7. The Kier molecular flexibility index (Phi) is 10.4. The summed E-state index contributed by atoms with van der Waals surface area (Å²) in [6.07, 6.45) is 0.317. The van der Waals surface area contributed by atoms with Crippen LogP contribution in [0.5, 0.6) is 11.5 Å². The van der Waals surface area contributed by atoms with E-state index in [0.717, 1.165) is 49.9 Å². The molecule has 0 aliphatic rings. The van der Waals surface area contributed by atoms with Crippen LogP contribution >= 0.6 is 0 Å². The van der Waals surface area contributed by atoms with Gasteiger partial charge in [0.1, 0.15) is 11.5 Å². The molecular weight excluding hydrogens is 572 g/mol. The number of aliphatic hydroxyl groups is 1. The van der Waals surface area contributed by atoms with Crippen LogP contribution in [0.25, 0.3) is 43.8 Å². The summed E-state index contributed by atoms with van der Waals surface area (Å²) in [5.41, 5.74) is 6.03. The molecule has 0 saturated carbocycles. The summed E-state index contributed by atoms with van der Waals surface area (Å²) in [4.78, 5) is 11.6. The number of benzene rings is 6. The van der Waals surface area contributed by atoms with Gasteiger partial charge in [-0.25, -0.2) is 4.79 Å². The van der Waals surface area contributed by atoms with Crippen molar-refractivity contribution in [2.24, 2.45) is 0 Å². The molecule has 0 aliphatic heterocycles. The van der Waals surface area contributed by atoms with Gasteiger partial charge < -0.3 is 19.3 Å². The second-order valence-corrected chi connectivity index (χ2v) is 11.7. The lowest BCUT2D eigenvalue weighted by molar-refractivity contribution is 0.0601. The van der Waals surface area contributed by atoms with E-state index in [4.69, 9.17) is 14.2 Å². The fourth-order valence-corrected chi connectivity index (χ4v) is 5.29. The molecule has 6 rings (SSSR count). The van der Waals surface area contributed by atoms with E-state index in [0.29, 0.717) is 5.56 Å². The van der Waals surface area contributed by atoms with Crippen molar-refractivity contribution in [3.05, 3.63) is 132 Å². The second kappa shape index (κ2) is 14.8. The predicted octanol–water partition coefficient (Wildman–Crippen LogP) is 9.87. The molecule has 234 valence electrons. The van der Waals surface area contributed by atoms with Gasteiger partial charge in [-0.05, 0) is 132 Å². The number of carbonyl (C=O) groups excluding carboxylic acids is 1. The minimum Gasteiger partial charge on any atom is -0.491 e. The molecule has 0 fully saturated rings. The third kappa shape index (κ3) is 8.12. The molecule has 0 amide bonds. The van der Waals surface area contributed by atoms with E-state index in [9.17, 15) is 9.90 Å². The van der Waals surface area contributed by atoms with Crippen LogP contribution in [0.3, 0.4) is 0 Å². The summed E-state index contributed by atoms with van der Waals surface area (Å²) in [6.45, 7) is 8.17. The van der Waals surface area contributed by atoms with E-state index in [1.165, 1.54) is 18.1 Å². The van der Waals surface area contributed by atoms with Crippen LogP contribution < -0.4 is 9.47 Å². The minimum absolute atomic E-state index is 0.0757. The van der Waals surface area contributed by atoms with Gasteiger partial charge in [0.25, 0.3) is 0 Å². The number of fused-ring (bicyclic) bond motifs is 2. The fourth-order valence-electron chi connectivity index (χ4n) is 5.29. The standard InChI is InChI=1S/C21H20O3.C20H20O2/c1-14(2)24-20-6-4-5-15(13-20)16-7-8-18-12-19(21(22)23-3)10-9-17(18)11-16;1-14(2)22-20-5-3-4-16(12-20)19-9-8-17-10-15(13-21)6-7-18(17)11-19/h4-14H,1-3H3;3-12,14,21H,13H2,1-2H3. The van der Waals surface area contributed by atoms with Crippen molar-refractivity contribution in [1.82, 2.24) is 0 Å². The zero-order valence-electron chi connectivity index (χ0n) is 27.0. The topological polar surface area (TPSA) is 65.0 Å². The smallest absolute Gasteiger partial charge is 0.337 e. The third-order valence-corrected chi connectivity index (χ3v) is 7.43. The zero-order chi connectivity index (χ0) is 32.6. The average molecular weight is 613 g/mol. The van der Waals surface area contributed by atoms with E-state index in [1.807, 2.05) is 88.4 Å². The van der Waals surface area contributed by atoms with Gasteiger partial charge in [-0.1, -0.05) is 66.7 Å². The van der Waals surface area contributed by atoms with Crippen LogP contribution in [0.15, 0.2) is 121 Å². The first kappa shape index (κ1) is 32.3. The maximum absolute atomic E-state index is 11.6. The van der Waals surface area contributed by atoms with Gasteiger partial charge in [0.05, 0.1) is 31.5 Å². The molecule has 5 nitrogen and oxygen atoms in total. The number of ether oxygens (including phenoxy) is 3. The molecular formula is C41H40O5. The Morgan fingerprint density at radius 3 is 1.52 bits per heavy atom. The predicted molar refractivity (Wildman–Crippen MR) is 188 cm³/mol. The van der Waals surface area contributed by atoms with Crippen molar-refractivity contribution in [2.75, 3.05) is 7.11 Å². The average Bonchev–Trinajstić information content (AvgIpc) is 3.07. The number of aliphatic hydroxyl groups excluding tert-OH is 1. The van der Waals surface area contributed by atoms with E-state index >= 15 is 0 Å². The van der Waals surface area contributed by atoms with Crippen LogP contribution in [0.1, 0.15) is 43.6 Å². The number of hydrogen-bond acceptors (Lipinski definition) is 5. The van der Waals surface area contributed by atoms with Gasteiger partial charge in [0, 0.05) is 0 Å². The molecule has 1 N–H and O–H groups in total. The van der Waals surface area contributed by atoms with Crippen LogP contribution in [-0.2, 0) is 11.3 Å². The largest absolute Gasteiger partial charge is 0.491 e. The Hall–Kier alpha value is -5.13. The van der Waals surface area contributed by atoms with Crippen molar-refractivity contribution in [1.29, 1.82) is 0 Å². The van der Waals surface area contributed by atoms with Gasteiger partial charge in [-0.3, -0.25) is 0 Å². The summed E-state index contributed by atoms with van der Waals surface area (Å²) < 4.78 is 16.3. The summed E-state index contributed by atoms with van der Waals surface area (Å²) >= 11 is 0. The van der Waals surface area contributed by atoms with Gasteiger partial charge in [0.15, 0.2) is 0 Å². The van der Waals surface area contributed by atoms with E-state index in [-0.39, 0.29) is 24.8 Å². The van der Waals surface area contributed by atoms with Gasteiger partial charge in [0.2, 0.25) is 0 Å². The maximum Gasteiger partial charge on any atom is 0.337 e. The SMILES string of the molecule is CC(C)Oc1cccc(-c2ccc3cc(CO)ccc3c2)c1.COC(=O)c1ccc2cc(-c3cccc(OC(C)C)c3)ccc2c1. The van der Waals surface area contributed by atoms with Gasteiger partial charge in [-0.2, -0.15) is 0 Å². The number of hydrogen-bond donors (Lipinski definition) is 1. The minimum atomic E-state index is -0.320. The molecule has 46 heavy (non-hydrogen) atoms. The van der Waals surface area contributed by atoms with Gasteiger partial charge >= 0.3 is 5.97 Å². The molecule has 0 aliphatic carbocycles. The molecule has 0 bridgehead atoms. The Balaban J connectivity index is 0.000000182. The van der Waals surface area contributed by atoms with Crippen molar-refractivity contribution in [2.45, 2.75) is 46.5 Å². The first-order valence-corrected chi connectivity index (χ1v) is 15.5. The van der Waals surface area contributed by atoms with Crippen LogP contribution in [-0.4, -0.2) is 30.4 Å². The van der Waals surface area contributed by atoms with Crippen molar-refractivity contribution in [3.63, 3.8) is 0 Å². The number of carbonyl (C=O) groups is 1. The number of methoxy groups -OCH3 is 1. The molecule has 0 unspecified atom stereocenters. The molecule has 0 heterocycles. The highest BCUT2D eigenvalue weighted by Gasteiger charge is 2.08. The molecule has 5 heteroatoms. The lowest BCUT2D eigenvalue weighted by Crippen LogP contribution is -2.05. The number of esters is 1. The monoisotopic (exact) mass is 612 g/mol. The summed E-state index contributed by atoms with van der Waals surface area (Å²) in [5, 5.41) is 13.6. The molecule has 0 spiro atoms. The van der Waals surface area contributed by atoms with Gasteiger partial charge in [-0.15, -0.1) is 0 Å². The van der Waals surface area contributed by atoms with E-state index < -0.39 is 0 Å². The highest BCUT2D eigenvalue weighted by atomic mass is 16.5. The van der Waals surface area contributed by atoms with E-state index in [2.05, 4.69) is 54.6 Å². The Morgan fingerprint density at radius 2 is 1.02 bits per heavy atom. The summed E-state index contributed by atoms with van der Waals surface area (Å²) in [7, 11) is 1.39. The van der Waals surface area contributed by atoms with Crippen LogP contribution in [0.4, 0.5) is 0 Å². The van der Waals surface area contributed by atoms with Crippen LogP contribution in [0, 0.1) is 0 Å². The maximum atomic E-state index is 11.6. The Morgan fingerprint density at radius 1 is 0.565 bits per heavy atom. The Labute approximate surface area is 271 Å². The Bertz CT molecular complexity index is 1960. The van der Waals surface area contributed by atoms with Crippen molar-refractivity contribution < 1.29 is 24.1 Å². The summed E-state index contributed by atoms with van der Waals surface area (Å²) in [5.74, 6) is 1.44. The summed E-state index contributed by atoms with van der Waals surface area (Å²) in [6, 6.07) is 40.4. The molecule has 0 aromatic heterocycles. The molecule has 0 atom stereocenters. The molecule has 0 saturated heterocycles. The van der Waals surface area contributed by atoms with Crippen molar-refractivity contribution >= 4 is 27.5 Å². The highest BCUT2D eigenvalue weighted by Crippen LogP contribution is 2.30. The molecule has 0 radical (unpaired) electrons. The first-order valence-electron chi connectivity index (χ1n) is 15.5. The molecule has 6 aromatic rings. The third-order valence-electron chi connectivity index (χ3n) is 7.43. The normalized spacial score (nSPS) is 11.0. The quantitative estimate of drug-likeness (QED) is 0.173. The van der Waals surface area contributed by atoms with E-state index in [1.54, 1.807) is 6.07 Å². The first-order chi connectivity index (χ1) is 22.2. The highest BCUT2D eigenvalue weighted by molar-refractivity contribution is 5.96. The number of rotatable bonds is 8. The lowest BCUT2D eigenvalue weighted by atomic mass is 10.00. The van der Waals surface area contributed by atoms with Crippen LogP contribution in [0.2, 0.25) is 0 Å². The zero-order valence-corrected chi connectivity index (χ0v) is 27.0.